The van der Waals surface area contributed by atoms with Crippen molar-refractivity contribution in [3.63, 3.8) is 0 Å². The molecule has 0 saturated carbocycles. The molecular weight excluding hydrogens is 152 g/mol. The number of aliphatic hydroxyl groups excluding tert-OH is 3. The summed E-state index contributed by atoms with van der Waals surface area (Å²) >= 11 is 0. The van der Waals surface area contributed by atoms with Crippen LogP contribution in [0.3, 0.4) is 0 Å². The van der Waals surface area contributed by atoms with Gasteiger partial charge >= 0.3 is 0 Å². The summed E-state index contributed by atoms with van der Waals surface area (Å²) in [7, 11) is 0. The minimum atomic E-state index is -1.32. The summed E-state index contributed by atoms with van der Waals surface area (Å²) in [6.07, 6.45) is -4.34. The monoisotopic (exact) mass is 162 g/mol. The van der Waals surface area contributed by atoms with Crippen molar-refractivity contribution in [2.45, 2.75) is 24.4 Å². The highest BCUT2D eigenvalue weighted by molar-refractivity contribution is 5.57. The lowest BCUT2D eigenvalue weighted by atomic mass is 10.0. The van der Waals surface area contributed by atoms with E-state index in [2.05, 4.69) is 0 Å². The van der Waals surface area contributed by atoms with E-state index in [1.54, 1.807) is 0 Å². The second-order valence-electron chi connectivity index (χ2n) is 2.48. The van der Waals surface area contributed by atoms with E-state index in [9.17, 15) is 4.79 Å². The topological polar surface area (TPSA) is 87.0 Å². The maximum Gasteiger partial charge on any atom is 0.151 e. The van der Waals surface area contributed by atoms with Crippen LogP contribution in [0.5, 0.6) is 0 Å². The fraction of sp³-hybridized carbons (Fsp3) is 0.833. The highest BCUT2D eigenvalue weighted by Crippen LogP contribution is 2.13. The number of carbonyl (C=O) groups is 1. The van der Waals surface area contributed by atoms with Crippen LogP contribution in [0.2, 0.25) is 0 Å². The first kappa shape index (κ1) is 8.61. The van der Waals surface area contributed by atoms with Gasteiger partial charge in [-0.25, -0.2) is 0 Å². The third-order valence-corrected chi connectivity index (χ3v) is 1.67. The molecule has 4 atom stereocenters. The van der Waals surface area contributed by atoms with Crippen LogP contribution in [-0.4, -0.2) is 52.6 Å². The van der Waals surface area contributed by atoms with Crippen molar-refractivity contribution in [2.75, 3.05) is 6.61 Å². The van der Waals surface area contributed by atoms with E-state index in [1.165, 1.54) is 0 Å². The molecule has 1 aliphatic rings. The highest BCUT2D eigenvalue weighted by Gasteiger charge is 2.36. The second kappa shape index (κ2) is 3.27. The van der Waals surface area contributed by atoms with E-state index in [-0.39, 0.29) is 6.61 Å². The minimum Gasteiger partial charge on any atom is -0.388 e. The van der Waals surface area contributed by atoms with Gasteiger partial charge in [0.1, 0.15) is 24.4 Å². The lowest BCUT2D eigenvalue weighted by Gasteiger charge is -2.32. The SMILES string of the molecule is O=C[C@@H]1OC[C@@H](O)[C@H](O)[C@@H]1O. The van der Waals surface area contributed by atoms with Gasteiger partial charge in [0, 0.05) is 0 Å². The molecule has 0 aromatic carbocycles. The fourth-order valence-electron chi connectivity index (χ4n) is 0.949. The van der Waals surface area contributed by atoms with Gasteiger partial charge in [-0.2, -0.15) is 0 Å². The van der Waals surface area contributed by atoms with Crippen LogP contribution < -0.4 is 0 Å². The van der Waals surface area contributed by atoms with Crippen molar-refractivity contribution in [1.29, 1.82) is 0 Å². The van der Waals surface area contributed by atoms with Gasteiger partial charge in [-0.1, -0.05) is 0 Å². The van der Waals surface area contributed by atoms with E-state index >= 15 is 0 Å². The Morgan fingerprint density at radius 1 is 1.27 bits per heavy atom. The number of aldehydes is 1. The molecule has 1 rings (SSSR count). The molecular formula is C6H10O5. The molecule has 0 radical (unpaired) electrons. The molecule has 0 aromatic heterocycles. The van der Waals surface area contributed by atoms with E-state index in [0.29, 0.717) is 6.29 Å². The van der Waals surface area contributed by atoms with Crippen molar-refractivity contribution >= 4 is 6.29 Å². The van der Waals surface area contributed by atoms with Gasteiger partial charge in [0.2, 0.25) is 0 Å². The van der Waals surface area contributed by atoms with Gasteiger partial charge in [0.25, 0.3) is 0 Å². The Bertz CT molecular complexity index is 148. The smallest absolute Gasteiger partial charge is 0.151 e. The standard InChI is InChI=1S/C6H10O5/c7-1-4-6(10)5(9)3(8)2-11-4/h1,3-6,8-10H,2H2/t3-,4+,5+,6-/m1/s1. The van der Waals surface area contributed by atoms with Crippen LogP contribution in [0.1, 0.15) is 0 Å². The Morgan fingerprint density at radius 3 is 2.45 bits per heavy atom. The largest absolute Gasteiger partial charge is 0.388 e. The number of hydrogen-bond acceptors (Lipinski definition) is 5. The number of ether oxygens (including phenoxy) is 1. The Labute approximate surface area is 63.2 Å². The molecule has 3 N–H and O–H groups in total. The normalized spacial score (nSPS) is 45.4. The lowest BCUT2D eigenvalue weighted by Crippen LogP contribution is -2.53. The highest BCUT2D eigenvalue weighted by atomic mass is 16.5. The first-order chi connectivity index (χ1) is 5.16. The van der Waals surface area contributed by atoms with E-state index in [0.717, 1.165) is 0 Å². The van der Waals surface area contributed by atoms with E-state index < -0.39 is 24.4 Å². The molecule has 5 nitrogen and oxygen atoms in total. The van der Waals surface area contributed by atoms with Gasteiger partial charge in [0.15, 0.2) is 6.29 Å². The van der Waals surface area contributed by atoms with E-state index in [4.69, 9.17) is 20.1 Å². The van der Waals surface area contributed by atoms with Crippen LogP contribution in [0.25, 0.3) is 0 Å². The molecule has 1 aliphatic heterocycles. The van der Waals surface area contributed by atoms with Crippen molar-refractivity contribution in [3.05, 3.63) is 0 Å². The minimum absolute atomic E-state index is 0.123. The molecule has 0 aliphatic carbocycles. The number of carbonyl (C=O) groups excluding carboxylic acids is 1. The summed E-state index contributed by atoms with van der Waals surface area (Å²) in [6.45, 7) is -0.123. The van der Waals surface area contributed by atoms with Crippen molar-refractivity contribution in [2.24, 2.45) is 0 Å². The lowest BCUT2D eigenvalue weighted by molar-refractivity contribution is -0.184. The molecule has 0 aromatic rings. The zero-order valence-electron chi connectivity index (χ0n) is 5.75. The van der Waals surface area contributed by atoms with Gasteiger partial charge in [-0.3, -0.25) is 0 Å². The summed E-state index contributed by atoms with van der Waals surface area (Å²) in [5, 5.41) is 27.0. The molecule has 0 bridgehead atoms. The Kier molecular flexibility index (Phi) is 2.56. The predicted octanol–water partition coefficient (Wildman–Crippen LogP) is -2.33. The maximum atomic E-state index is 10.1. The Balaban J connectivity index is 2.58. The molecule has 1 heterocycles. The number of aliphatic hydroxyl groups is 3. The third-order valence-electron chi connectivity index (χ3n) is 1.67. The summed E-state index contributed by atoms with van der Waals surface area (Å²) < 4.78 is 4.69. The van der Waals surface area contributed by atoms with Crippen LogP contribution in [-0.2, 0) is 9.53 Å². The third kappa shape index (κ3) is 1.57. The van der Waals surface area contributed by atoms with Crippen LogP contribution in [0.15, 0.2) is 0 Å². The molecule has 64 valence electrons. The van der Waals surface area contributed by atoms with E-state index in [1.807, 2.05) is 0 Å². The summed E-state index contributed by atoms with van der Waals surface area (Å²) in [5.74, 6) is 0. The Hall–Kier alpha value is -0.490. The van der Waals surface area contributed by atoms with Gasteiger partial charge in [-0.15, -0.1) is 0 Å². The maximum absolute atomic E-state index is 10.1. The van der Waals surface area contributed by atoms with Crippen LogP contribution in [0.4, 0.5) is 0 Å². The summed E-state index contributed by atoms with van der Waals surface area (Å²) in [6, 6.07) is 0. The average molecular weight is 162 g/mol. The predicted molar refractivity (Wildman–Crippen MR) is 33.8 cm³/mol. The van der Waals surface area contributed by atoms with Crippen molar-refractivity contribution in [3.8, 4) is 0 Å². The quantitative estimate of drug-likeness (QED) is 0.376. The molecule has 11 heavy (non-hydrogen) atoms. The first-order valence-electron chi connectivity index (χ1n) is 3.28. The second-order valence-corrected chi connectivity index (χ2v) is 2.48. The molecule has 0 amide bonds. The number of rotatable bonds is 1. The summed E-state index contributed by atoms with van der Waals surface area (Å²) in [5.41, 5.74) is 0. The zero-order valence-corrected chi connectivity index (χ0v) is 5.75. The van der Waals surface area contributed by atoms with Gasteiger partial charge < -0.3 is 24.9 Å². The Morgan fingerprint density at radius 2 is 1.91 bits per heavy atom. The molecule has 0 unspecified atom stereocenters. The summed E-state index contributed by atoms with van der Waals surface area (Å²) in [4.78, 5) is 10.1. The average Bonchev–Trinajstić information content (AvgIpc) is 2.01. The van der Waals surface area contributed by atoms with Gasteiger partial charge in [0.05, 0.1) is 6.61 Å². The first-order valence-corrected chi connectivity index (χ1v) is 3.28. The zero-order chi connectivity index (χ0) is 8.43. The van der Waals surface area contributed by atoms with Gasteiger partial charge in [-0.05, 0) is 0 Å². The molecule has 1 fully saturated rings. The molecule has 5 heteroatoms. The molecule has 1 saturated heterocycles. The van der Waals surface area contributed by atoms with Crippen LogP contribution >= 0.6 is 0 Å². The molecule has 0 spiro atoms. The van der Waals surface area contributed by atoms with Crippen LogP contribution in [0, 0.1) is 0 Å². The van der Waals surface area contributed by atoms with Crippen molar-refractivity contribution in [1.82, 2.24) is 0 Å². The van der Waals surface area contributed by atoms with Crippen molar-refractivity contribution < 1.29 is 24.9 Å². The fourth-order valence-corrected chi connectivity index (χ4v) is 0.949. The number of hydrogen-bond donors (Lipinski definition) is 3.